The van der Waals surface area contributed by atoms with E-state index in [0.717, 1.165) is 16.0 Å². The fourth-order valence-electron chi connectivity index (χ4n) is 1.34. The molecular weight excluding hydrogens is 202 g/mol. The minimum atomic E-state index is 0.567. The Morgan fingerprint density at radius 1 is 1.46 bits per heavy atom. The third-order valence-corrected chi connectivity index (χ3v) is 3.76. The second-order valence-corrected chi connectivity index (χ2v) is 4.46. The average molecular weight is 212 g/mol. The highest BCUT2D eigenvalue weighted by atomic mass is 35.5. The molecule has 68 valence electrons. The Morgan fingerprint density at radius 2 is 2.23 bits per heavy atom. The molecule has 13 heavy (non-hydrogen) atoms. The quantitative estimate of drug-likeness (QED) is 0.567. The fraction of sp³-hybridized carbons (Fsp3) is 0.200. The number of halogens is 1. The second kappa shape index (κ2) is 3.20. The van der Waals surface area contributed by atoms with Crippen LogP contribution in [0, 0.1) is 6.92 Å². The number of benzene rings is 1. The predicted molar refractivity (Wildman–Crippen MR) is 60.5 cm³/mol. The number of hydrogen-bond donors (Lipinski definition) is 1. The van der Waals surface area contributed by atoms with Gasteiger partial charge >= 0.3 is 0 Å². The van der Waals surface area contributed by atoms with Gasteiger partial charge in [-0.15, -0.1) is 22.9 Å². The summed E-state index contributed by atoms with van der Waals surface area (Å²) in [5.74, 6) is 0.567. The molecule has 0 atom stereocenters. The molecule has 1 aromatic heterocycles. The summed E-state index contributed by atoms with van der Waals surface area (Å²) in [6, 6.07) is 6.23. The predicted octanol–water partition coefficient (Wildman–Crippen LogP) is 3.53. The average Bonchev–Trinajstić information content (AvgIpc) is 2.55. The number of fused-ring (bicyclic) bond motifs is 1. The molecule has 2 aromatic rings. The van der Waals surface area contributed by atoms with Gasteiger partial charge in [0.2, 0.25) is 0 Å². The summed E-state index contributed by atoms with van der Waals surface area (Å²) in [5.41, 5.74) is 7.98. The summed E-state index contributed by atoms with van der Waals surface area (Å²) in [6.07, 6.45) is 0. The van der Waals surface area contributed by atoms with Gasteiger partial charge in [0.1, 0.15) is 0 Å². The van der Waals surface area contributed by atoms with Crippen molar-refractivity contribution < 1.29 is 0 Å². The first-order valence-corrected chi connectivity index (χ1v) is 5.41. The molecule has 0 aliphatic carbocycles. The largest absolute Gasteiger partial charge is 0.397 e. The molecule has 0 bridgehead atoms. The topological polar surface area (TPSA) is 26.0 Å². The monoisotopic (exact) mass is 211 g/mol. The number of nitrogens with two attached hydrogens (primary N) is 1. The summed E-state index contributed by atoms with van der Waals surface area (Å²) in [7, 11) is 0. The molecule has 0 amide bonds. The van der Waals surface area contributed by atoms with Crippen molar-refractivity contribution in [1.29, 1.82) is 0 Å². The van der Waals surface area contributed by atoms with Crippen molar-refractivity contribution in [3.05, 3.63) is 28.6 Å². The Labute approximate surface area is 86.1 Å². The molecule has 0 fully saturated rings. The summed E-state index contributed by atoms with van der Waals surface area (Å²) in [4.78, 5) is 1.17. The first-order chi connectivity index (χ1) is 6.22. The zero-order valence-corrected chi connectivity index (χ0v) is 8.88. The van der Waals surface area contributed by atoms with Crippen molar-refractivity contribution in [2.75, 3.05) is 5.73 Å². The van der Waals surface area contributed by atoms with Crippen LogP contribution < -0.4 is 5.73 Å². The third-order valence-electron chi connectivity index (χ3n) is 2.13. The van der Waals surface area contributed by atoms with Gasteiger partial charge in [-0.1, -0.05) is 12.1 Å². The standard InChI is InChI=1S/C10H10ClNS/c1-6-2-3-7-4-8(5-11)13-10(7)9(6)12/h2-4H,5,12H2,1H3. The first kappa shape index (κ1) is 8.85. The van der Waals surface area contributed by atoms with Crippen LogP contribution in [0.2, 0.25) is 0 Å². The number of hydrogen-bond acceptors (Lipinski definition) is 2. The van der Waals surface area contributed by atoms with Crippen LogP contribution in [0.5, 0.6) is 0 Å². The summed E-state index contributed by atoms with van der Waals surface area (Å²) >= 11 is 7.44. The van der Waals surface area contributed by atoms with Crippen LogP contribution in [0.1, 0.15) is 10.4 Å². The van der Waals surface area contributed by atoms with Crippen molar-refractivity contribution >= 4 is 38.7 Å². The van der Waals surface area contributed by atoms with E-state index in [0.29, 0.717) is 5.88 Å². The number of alkyl halides is 1. The van der Waals surface area contributed by atoms with Gasteiger partial charge in [-0.2, -0.15) is 0 Å². The molecule has 3 heteroatoms. The lowest BCUT2D eigenvalue weighted by molar-refractivity contribution is 1.51. The van der Waals surface area contributed by atoms with Crippen LogP contribution in [0.3, 0.4) is 0 Å². The highest BCUT2D eigenvalue weighted by Crippen LogP contribution is 2.32. The molecule has 0 spiro atoms. The Bertz CT molecular complexity index is 447. The van der Waals surface area contributed by atoms with Crippen molar-refractivity contribution in [1.82, 2.24) is 0 Å². The van der Waals surface area contributed by atoms with Crippen LogP contribution in [0.4, 0.5) is 5.69 Å². The molecule has 0 radical (unpaired) electrons. The summed E-state index contributed by atoms with van der Waals surface area (Å²) in [6.45, 7) is 2.02. The smallest absolute Gasteiger partial charge is 0.0578 e. The lowest BCUT2D eigenvalue weighted by Gasteiger charge is -1.99. The molecule has 2 N–H and O–H groups in total. The van der Waals surface area contributed by atoms with Gasteiger partial charge in [-0.3, -0.25) is 0 Å². The molecule has 0 aliphatic rings. The Balaban J connectivity index is 2.76. The van der Waals surface area contributed by atoms with Gasteiger partial charge in [-0.05, 0) is 23.9 Å². The van der Waals surface area contributed by atoms with E-state index in [1.165, 1.54) is 10.3 Å². The van der Waals surface area contributed by atoms with Crippen molar-refractivity contribution in [2.45, 2.75) is 12.8 Å². The maximum Gasteiger partial charge on any atom is 0.0578 e. The van der Waals surface area contributed by atoms with Crippen LogP contribution in [0.25, 0.3) is 10.1 Å². The Kier molecular flexibility index (Phi) is 2.18. The minimum absolute atomic E-state index is 0.567. The van der Waals surface area contributed by atoms with E-state index in [4.69, 9.17) is 17.3 Å². The van der Waals surface area contributed by atoms with E-state index >= 15 is 0 Å². The molecule has 1 heterocycles. The molecule has 0 saturated heterocycles. The van der Waals surface area contributed by atoms with E-state index in [1.807, 2.05) is 13.0 Å². The van der Waals surface area contributed by atoms with Crippen LogP contribution in [-0.2, 0) is 5.88 Å². The lowest BCUT2D eigenvalue weighted by atomic mass is 10.1. The number of thiophene rings is 1. The van der Waals surface area contributed by atoms with Crippen molar-refractivity contribution in [2.24, 2.45) is 0 Å². The van der Waals surface area contributed by atoms with E-state index in [1.54, 1.807) is 11.3 Å². The van der Waals surface area contributed by atoms with Gasteiger partial charge in [0, 0.05) is 4.88 Å². The number of anilines is 1. The maximum absolute atomic E-state index is 5.95. The second-order valence-electron chi connectivity index (χ2n) is 3.06. The van der Waals surface area contributed by atoms with Gasteiger partial charge in [0.15, 0.2) is 0 Å². The van der Waals surface area contributed by atoms with Gasteiger partial charge in [0.25, 0.3) is 0 Å². The Morgan fingerprint density at radius 3 is 2.92 bits per heavy atom. The van der Waals surface area contributed by atoms with E-state index in [2.05, 4.69) is 12.1 Å². The first-order valence-electron chi connectivity index (χ1n) is 4.06. The summed E-state index contributed by atoms with van der Waals surface area (Å²) < 4.78 is 1.16. The molecule has 1 aromatic carbocycles. The van der Waals surface area contributed by atoms with Crippen molar-refractivity contribution in [3.63, 3.8) is 0 Å². The molecule has 2 rings (SSSR count). The Hall–Kier alpha value is -0.730. The number of rotatable bonds is 1. The maximum atomic E-state index is 5.95. The SMILES string of the molecule is Cc1ccc2cc(CCl)sc2c1N. The highest BCUT2D eigenvalue weighted by molar-refractivity contribution is 7.19. The summed E-state index contributed by atoms with van der Waals surface area (Å²) in [5, 5.41) is 1.20. The van der Waals surface area contributed by atoms with Crippen molar-refractivity contribution in [3.8, 4) is 0 Å². The van der Waals surface area contributed by atoms with Gasteiger partial charge < -0.3 is 5.73 Å². The zero-order chi connectivity index (χ0) is 9.42. The molecule has 1 nitrogen and oxygen atoms in total. The van der Waals surface area contributed by atoms with E-state index in [9.17, 15) is 0 Å². The van der Waals surface area contributed by atoms with Gasteiger partial charge in [-0.25, -0.2) is 0 Å². The number of nitrogen functional groups attached to an aromatic ring is 1. The van der Waals surface area contributed by atoms with E-state index < -0.39 is 0 Å². The molecule has 0 aliphatic heterocycles. The normalized spacial score (nSPS) is 10.9. The fourth-order valence-corrected chi connectivity index (χ4v) is 2.60. The lowest BCUT2D eigenvalue weighted by Crippen LogP contribution is -1.87. The molecule has 0 saturated carbocycles. The highest BCUT2D eigenvalue weighted by Gasteiger charge is 2.05. The van der Waals surface area contributed by atoms with Gasteiger partial charge in [0.05, 0.1) is 16.3 Å². The molecule has 0 unspecified atom stereocenters. The third kappa shape index (κ3) is 1.40. The zero-order valence-electron chi connectivity index (χ0n) is 7.30. The van der Waals surface area contributed by atoms with Crippen LogP contribution >= 0.6 is 22.9 Å². The van der Waals surface area contributed by atoms with Crippen LogP contribution in [0.15, 0.2) is 18.2 Å². The van der Waals surface area contributed by atoms with E-state index in [-0.39, 0.29) is 0 Å². The molecular formula is C10H10ClNS. The van der Waals surface area contributed by atoms with Crippen LogP contribution in [-0.4, -0.2) is 0 Å². The minimum Gasteiger partial charge on any atom is -0.397 e. The number of aryl methyl sites for hydroxylation is 1.